The first-order valence-electron chi connectivity index (χ1n) is 6.32. The van der Waals surface area contributed by atoms with Crippen LogP contribution in [0.1, 0.15) is 32.1 Å². The van der Waals surface area contributed by atoms with Gasteiger partial charge in [-0.25, -0.2) is 0 Å². The molecular weight excluding hydrogens is 196 g/mol. The van der Waals surface area contributed by atoms with Crippen molar-refractivity contribution in [3.05, 3.63) is 24.3 Å². The van der Waals surface area contributed by atoms with Crippen LogP contribution in [0.3, 0.4) is 0 Å². The molecule has 1 aliphatic rings. The Morgan fingerprint density at radius 3 is 2.44 bits per heavy atom. The van der Waals surface area contributed by atoms with Crippen LogP contribution in [0.4, 0.5) is 11.4 Å². The van der Waals surface area contributed by atoms with Gasteiger partial charge < -0.3 is 10.6 Å². The molecule has 0 saturated heterocycles. The summed E-state index contributed by atoms with van der Waals surface area (Å²) < 4.78 is 0. The minimum Gasteiger partial charge on any atom is -0.399 e. The van der Waals surface area contributed by atoms with Crippen LogP contribution >= 0.6 is 0 Å². The van der Waals surface area contributed by atoms with Crippen molar-refractivity contribution in [3.8, 4) is 0 Å². The predicted octanol–water partition coefficient (Wildman–Crippen LogP) is 3.29. The second-order valence-electron chi connectivity index (χ2n) is 4.95. The highest BCUT2D eigenvalue weighted by molar-refractivity contribution is 5.52. The lowest BCUT2D eigenvalue weighted by Crippen LogP contribution is -2.20. The molecule has 2 nitrogen and oxygen atoms in total. The lowest BCUT2D eigenvalue weighted by Gasteiger charge is -2.21. The first-order chi connectivity index (χ1) is 7.75. The molecule has 0 spiro atoms. The lowest BCUT2D eigenvalue weighted by molar-refractivity contribution is 0.505. The van der Waals surface area contributed by atoms with Gasteiger partial charge >= 0.3 is 0 Å². The topological polar surface area (TPSA) is 29.3 Å². The van der Waals surface area contributed by atoms with Crippen LogP contribution in [0.25, 0.3) is 0 Å². The zero-order valence-electron chi connectivity index (χ0n) is 10.2. The quantitative estimate of drug-likeness (QED) is 0.786. The molecule has 2 N–H and O–H groups in total. The van der Waals surface area contributed by atoms with Crippen molar-refractivity contribution in [2.75, 3.05) is 24.2 Å². The van der Waals surface area contributed by atoms with Gasteiger partial charge in [0.15, 0.2) is 0 Å². The maximum Gasteiger partial charge on any atom is 0.0365 e. The molecule has 0 amide bonds. The third-order valence-electron chi connectivity index (χ3n) is 3.68. The minimum atomic E-state index is 0.841. The molecule has 0 radical (unpaired) electrons. The van der Waals surface area contributed by atoms with Gasteiger partial charge in [0, 0.05) is 25.0 Å². The molecule has 1 aromatic carbocycles. The molecule has 0 aliphatic heterocycles. The zero-order chi connectivity index (χ0) is 11.4. The second-order valence-corrected chi connectivity index (χ2v) is 4.95. The highest BCUT2D eigenvalue weighted by atomic mass is 15.1. The smallest absolute Gasteiger partial charge is 0.0365 e. The summed E-state index contributed by atoms with van der Waals surface area (Å²) in [5.41, 5.74) is 7.79. The number of rotatable bonds is 4. The predicted molar refractivity (Wildman–Crippen MR) is 70.7 cm³/mol. The van der Waals surface area contributed by atoms with E-state index < -0.39 is 0 Å². The van der Waals surface area contributed by atoms with E-state index in [9.17, 15) is 0 Å². The van der Waals surface area contributed by atoms with Gasteiger partial charge in [-0.2, -0.15) is 0 Å². The molecule has 88 valence electrons. The van der Waals surface area contributed by atoms with Crippen LogP contribution in [0.15, 0.2) is 24.3 Å². The molecule has 0 heterocycles. The van der Waals surface area contributed by atoms with E-state index in [4.69, 9.17) is 5.73 Å². The Bertz CT molecular complexity index is 312. The Morgan fingerprint density at radius 1 is 1.19 bits per heavy atom. The van der Waals surface area contributed by atoms with Crippen LogP contribution < -0.4 is 10.6 Å². The number of nitrogen functional groups attached to an aromatic ring is 1. The van der Waals surface area contributed by atoms with E-state index >= 15 is 0 Å². The molecule has 2 rings (SSSR count). The summed E-state index contributed by atoms with van der Waals surface area (Å²) in [5, 5.41) is 0. The molecule has 0 atom stereocenters. The number of benzene rings is 1. The first kappa shape index (κ1) is 11.3. The molecule has 2 heteroatoms. The van der Waals surface area contributed by atoms with E-state index in [1.807, 2.05) is 12.1 Å². The first-order valence-corrected chi connectivity index (χ1v) is 6.32. The molecule has 1 fully saturated rings. The molecule has 16 heavy (non-hydrogen) atoms. The van der Waals surface area contributed by atoms with Crippen molar-refractivity contribution in [2.45, 2.75) is 32.1 Å². The third-order valence-corrected chi connectivity index (χ3v) is 3.68. The van der Waals surface area contributed by atoms with Gasteiger partial charge in [0.1, 0.15) is 0 Å². The number of hydrogen-bond acceptors (Lipinski definition) is 2. The Hall–Kier alpha value is -1.18. The molecule has 0 aromatic heterocycles. The summed E-state index contributed by atoms with van der Waals surface area (Å²) in [7, 11) is 2.17. The highest BCUT2D eigenvalue weighted by Crippen LogP contribution is 2.28. The maximum absolute atomic E-state index is 5.68. The molecule has 0 bridgehead atoms. The molecule has 1 saturated carbocycles. The van der Waals surface area contributed by atoms with Gasteiger partial charge in [-0.3, -0.25) is 0 Å². The SMILES string of the molecule is CN(CCC1CCCC1)c1ccc(N)cc1. The van der Waals surface area contributed by atoms with Crippen molar-refractivity contribution < 1.29 is 0 Å². The number of nitrogens with zero attached hydrogens (tertiary/aromatic N) is 1. The van der Waals surface area contributed by atoms with Gasteiger partial charge in [-0.15, -0.1) is 0 Å². The number of hydrogen-bond donors (Lipinski definition) is 1. The minimum absolute atomic E-state index is 0.841. The van der Waals surface area contributed by atoms with Crippen LogP contribution in [0.5, 0.6) is 0 Å². The van der Waals surface area contributed by atoms with Gasteiger partial charge in [0.25, 0.3) is 0 Å². The number of nitrogens with two attached hydrogens (primary N) is 1. The molecule has 1 aliphatic carbocycles. The van der Waals surface area contributed by atoms with E-state index in [2.05, 4.69) is 24.1 Å². The van der Waals surface area contributed by atoms with Crippen molar-refractivity contribution in [1.29, 1.82) is 0 Å². The largest absolute Gasteiger partial charge is 0.399 e. The fourth-order valence-electron chi connectivity index (χ4n) is 2.53. The standard InChI is InChI=1S/C14H22N2/c1-16(11-10-12-4-2-3-5-12)14-8-6-13(15)7-9-14/h6-9,12H,2-5,10-11,15H2,1H3. The van der Waals surface area contributed by atoms with Crippen LogP contribution in [-0.2, 0) is 0 Å². The summed E-state index contributed by atoms with van der Waals surface area (Å²) in [6, 6.07) is 8.15. The van der Waals surface area contributed by atoms with E-state index in [0.717, 1.165) is 18.2 Å². The van der Waals surface area contributed by atoms with Crippen LogP contribution in [-0.4, -0.2) is 13.6 Å². The maximum atomic E-state index is 5.68. The van der Waals surface area contributed by atoms with Gasteiger partial charge in [0.05, 0.1) is 0 Å². The molecule has 1 aromatic rings. The van der Waals surface area contributed by atoms with Gasteiger partial charge in [0.2, 0.25) is 0 Å². The Labute approximate surface area is 98.4 Å². The molecule has 0 unspecified atom stereocenters. The summed E-state index contributed by atoms with van der Waals surface area (Å²) >= 11 is 0. The fraction of sp³-hybridized carbons (Fsp3) is 0.571. The molecular formula is C14H22N2. The van der Waals surface area contributed by atoms with Crippen molar-refractivity contribution in [2.24, 2.45) is 5.92 Å². The normalized spacial score (nSPS) is 16.6. The summed E-state index contributed by atoms with van der Waals surface area (Å²) in [6.45, 7) is 1.16. The average Bonchev–Trinajstić information content (AvgIpc) is 2.80. The zero-order valence-corrected chi connectivity index (χ0v) is 10.2. The average molecular weight is 218 g/mol. The Kier molecular flexibility index (Phi) is 3.70. The van der Waals surface area contributed by atoms with Crippen LogP contribution in [0, 0.1) is 5.92 Å². The van der Waals surface area contributed by atoms with Crippen molar-refractivity contribution in [1.82, 2.24) is 0 Å². The monoisotopic (exact) mass is 218 g/mol. The van der Waals surface area contributed by atoms with E-state index in [0.29, 0.717) is 0 Å². The summed E-state index contributed by atoms with van der Waals surface area (Å²) in [4.78, 5) is 2.33. The van der Waals surface area contributed by atoms with E-state index in [1.165, 1.54) is 37.8 Å². The van der Waals surface area contributed by atoms with Gasteiger partial charge in [-0.05, 0) is 36.6 Å². The van der Waals surface area contributed by atoms with Crippen molar-refractivity contribution in [3.63, 3.8) is 0 Å². The Balaban J connectivity index is 1.82. The van der Waals surface area contributed by atoms with Crippen LogP contribution in [0.2, 0.25) is 0 Å². The second kappa shape index (κ2) is 5.24. The number of anilines is 2. The lowest BCUT2D eigenvalue weighted by atomic mass is 10.0. The summed E-state index contributed by atoms with van der Waals surface area (Å²) in [6.07, 6.45) is 7.10. The van der Waals surface area contributed by atoms with E-state index in [1.54, 1.807) is 0 Å². The van der Waals surface area contributed by atoms with Crippen molar-refractivity contribution >= 4 is 11.4 Å². The highest BCUT2D eigenvalue weighted by Gasteiger charge is 2.15. The van der Waals surface area contributed by atoms with E-state index in [-0.39, 0.29) is 0 Å². The third kappa shape index (κ3) is 2.91. The Morgan fingerprint density at radius 2 is 1.81 bits per heavy atom. The fourth-order valence-corrected chi connectivity index (χ4v) is 2.53. The summed E-state index contributed by atoms with van der Waals surface area (Å²) in [5.74, 6) is 0.969. The van der Waals surface area contributed by atoms with Gasteiger partial charge in [-0.1, -0.05) is 25.7 Å².